The molecule has 1 aliphatic rings. The average molecular weight is 541 g/mol. The molecule has 0 atom stereocenters. The molecule has 0 bridgehead atoms. The molecule has 0 radical (unpaired) electrons. The molecule has 0 aliphatic carbocycles. The molecule has 3 heterocycles. The lowest BCUT2D eigenvalue weighted by Gasteiger charge is -2.34. The monoisotopic (exact) mass is 540 g/mol. The molecule has 4 aromatic rings. The first kappa shape index (κ1) is 26.5. The second kappa shape index (κ2) is 10.6. The maximum absolute atomic E-state index is 15.1. The number of hydrogen-bond donors (Lipinski definition) is 1. The number of aromatic nitrogens is 2. The fourth-order valence-electron chi connectivity index (χ4n) is 5.12. The summed E-state index contributed by atoms with van der Waals surface area (Å²) in [5.41, 5.74) is 4.91. The minimum absolute atomic E-state index is 0.0296. The Kier molecular flexibility index (Phi) is 7.20. The third-order valence-electron chi connectivity index (χ3n) is 7.06. The molecule has 5 rings (SSSR count). The zero-order valence-electron chi connectivity index (χ0n) is 21.6. The van der Waals surface area contributed by atoms with Crippen LogP contribution in [-0.4, -0.2) is 34.7 Å². The van der Waals surface area contributed by atoms with Crippen molar-refractivity contribution in [3.05, 3.63) is 94.7 Å². The molecule has 1 aliphatic heterocycles. The first-order valence-electron chi connectivity index (χ1n) is 12.7. The maximum Gasteiger partial charge on any atom is 0.573 e. The number of alkyl halides is 3. The molecule has 10 heteroatoms. The van der Waals surface area contributed by atoms with E-state index in [9.17, 15) is 18.0 Å². The van der Waals surface area contributed by atoms with Crippen LogP contribution in [0.3, 0.4) is 0 Å². The van der Waals surface area contributed by atoms with Gasteiger partial charge in [0.05, 0.1) is 5.69 Å². The first-order valence-corrected chi connectivity index (χ1v) is 12.7. The summed E-state index contributed by atoms with van der Waals surface area (Å²) >= 11 is 0. The van der Waals surface area contributed by atoms with Gasteiger partial charge in [0.1, 0.15) is 22.9 Å². The molecule has 2 aromatic carbocycles. The van der Waals surface area contributed by atoms with Crippen LogP contribution in [-0.2, 0) is 6.54 Å². The van der Waals surface area contributed by atoms with Gasteiger partial charge in [-0.1, -0.05) is 12.1 Å². The maximum atomic E-state index is 15.1. The molecule has 2 aromatic heterocycles. The van der Waals surface area contributed by atoms with E-state index in [2.05, 4.69) is 19.9 Å². The van der Waals surface area contributed by atoms with Crippen molar-refractivity contribution in [2.45, 2.75) is 45.5 Å². The number of pyridine rings is 1. The van der Waals surface area contributed by atoms with Crippen molar-refractivity contribution in [1.29, 1.82) is 0 Å². The van der Waals surface area contributed by atoms with Gasteiger partial charge >= 0.3 is 6.36 Å². The van der Waals surface area contributed by atoms with Gasteiger partial charge in [-0.05, 0) is 91.8 Å². The molecule has 0 unspecified atom stereocenters. The smallest absolute Gasteiger partial charge is 0.406 e. The lowest BCUT2D eigenvalue weighted by atomic mass is 9.88. The van der Waals surface area contributed by atoms with Gasteiger partial charge in [-0.2, -0.15) is 0 Å². The third-order valence-corrected chi connectivity index (χ3v) is 7.06. The van der Waals surface area contributed by atoms with Crippen molar-refractivity contribution in [1.82, 2.24) is 14.7 Å². The summed E-state index contributed by atoms with van der Waals surface area (Å²) in [6.07, 6.45) is -1.49. The molecular weight excluding hydrogens is 512 g/mol. The zero-order valence-corrected chi connectivity index (χ0v) is 21.6. The van der Waals surface area contributed by atoms with E-state index in [4.69, 9.17) is 0 Å². The average Bonchev–Trinajstić information content (AvgIpc) is 3.22. The summed E-state index contributed by atoms with van der Waals surface area (Å²) in [7, 11) is 0. The van der Waals surface area contributed by atoms with Gasteiger partial charge in [0, 0.05) is 31.5 Å². The predicted molar refractivity (Wildman–Crippen MR) is 140 cm³/mol. The van der Waals surface area contributed by atoms with E-state index in [0.717, 1.165) is 11.3 Å². The normalized spacial score (nSPS) is 14.6. The Morgan fingerprint density at radius 2 is 1.77 bits per heavy atom. The minimum Gasteiger partial charge on any atom is -0.406 e. The summed E-state index contributed by atoms with van der Waals surface area (Å²) in [4.78, 5) is 19.4. The van der Waals surface area contributed by atoms with Crippen molar-refractivity contribution in [2.24, 2.45) is 0 Å². The van der Waals surface area contributed by atoms with Crippen molar-refractivity contribution in [3.63, 3.8) is 0 Å². The molecule has 204 valence electrons. The number of ether oxygens (including phenoxy) is 1. The number of amides is 1. The number of piperidine rings is 1. The van der Waals surface area contributed by atoms with Crippen LogP contribution in [0.4, 0.5) is 23.2 Å². The number of fused-ring (bicyclic) bond motifs is 1. The van der Waals surface area contributed by atoms with Gasteiger partial charge in [0.15, 0.2) is 0 Å². The molecule has 0 spiro atoms. The highest BCUT2D eigenvalue weighted by Crippen LogP contribution is 2.33. The van der Waals surface area contributed by atoms with E-state index in [-0.39, 0.29) is 29.9 Å². The number of halogens is 4. The summed E-state index contributed by atoms with van der Waals surface area (Å²) in [6.45, 7) is 5.23. The molecule has 1 amide bonds. The number of rotatable bonds is 6. The van der Waals surface area contributed by atoms with E-state index in [1.807, 2.05) is 31.3 Å². The molecule has 0 saturated carbocycles. The van der Waals surface area contributed by atoms with Gasteiger partial charge in [-0.15, -0.1) is 13.2 Å². The number of benzene rings is 2. The second-order valence-corrected chi connectivity index (χ2v) is 9.82. The molecule has 6 nitrogen and oxygen atoms in total. The van der Waals surface area contributed by atoms with Crippen LogP contribution in [0.25, 0.3) is 5.65 Å². The number of carbonyl (C=O) groups excluding carboxylic acids is 1. The number of carbonyl (C=O) groups is 1. The van der Waals surface area contributed by atoms with E-state index in [1.165, 1.54) is 18.2 Å². The van der Waals surface area contributed by atoms with Crippen LogP contribution >= 0.6 is 0 Å². The fraction of sp³-hybridized carbons (Fsp3) is 0.310. The van der Waals surface area contributed by atoms with Gasteiger partial charge in [-0.3, -0.25) is 9.20 Å². The highest BCUT2D eigenvalue weighted by Gasteiger charge is 2.31. The highest BCUT2D eigenvalue weighted by atomic mass is 19.4. The number of aryl methyl sites for hydroxylation is 2. The summed E-state index contributed by atoms with van der Waals surface area (Å²) in [6, 6.07) is 14.7. The SMILES string of the molecule is Cc1ccn2c(C(=O)NCc3ccc(C4CCN(c5ccc(OC(F)(F)F)cc5)CC4)c(F)c3)c(C)nc2c1. The second-order valence-electron chi connectivity index (χ2n) is 9.82. The van der Waals surface area contributed by atoms with Gasteiger partial charge in [0.2, 0.25) is 0 Å². The van der Waals surface area contributed by atoms with Crippen LogP contribution in [0.15, 0.2) is 60.8 Å². The molecule has 1 N–H and O–H groups in total. The quantitative estimate of drug-likeness (QED) is 0.292. The Labute approximate surface area is 223 Å². The van der Waals surface area contributed by atoms with Crippen LogP contribution in [0.5, 0.6) is 5.75 Å². The van der Waals surface area contributed by atoms with Crippen molar-refractivity contribution in [2.75, 3.05) is 18.0 Å². The number of nitrogens with zero attached hydrogens (tertiary/aromatic N) is 3. The molecule has 39 heavy (non-hydrogen) atoms. The molecular formula is C29H28F4N4O2. The number of hydrogen-bond acceptors (Lipinski definition) is 4. The van der Waals surface area contributed by atoms with Crippen molar-refractivity contribution >= 4 is 17.2 Å². The lowest BCUT2D eigenvalue weighted by molar-refractivity contribution is -0.274. The Bertz CT molecular complexity index is 1490. The van der Waals surface area contributed by atoms with E-state index < -0.39 is 6.36 Å². The Balaban J connectivity index is 1.18. The van der Waals surface area contributed by atoms with Crippen molar-refractivity contribution < 1.29 is 27.1 Å². The minimum atomic E-state index is -4.72. The number of imidazole rings is 1. The van der Waals surface area contributed by atoms with Gasteiger partial charge in [-0.25, -0.2) is 9.37 Å². The summed E-state index contributed by atoms with van der Waals surface area (Å²) in [5.74, 6) is -0.820. The Hall–Kier alpha value is -4.08. The van der Waals surface area contributed by atoms with Crippen LogP contribution in [0.2, 0.25) is 0 Å². The highest BCUT2D eigenvalue weighted by molar-refractivity contribution is 5.94. The van der Waals surface area contributed by atoms with E-state index >= 15 is 4.39 Å². The topological polar surface area (TPSA) is 58.9 Å². The summed E-state index contributed by atoms with van der Waals surface area (Å²) in [5, 5.41) is 2.87. The van der Waals surface area contributed by atoms with E-state index in [1.54, 1.807) is 29.5 Å². The molecule has 1 fully saturated rings. The number of anilines is 1. The molecule has 1 saturated heterocycles. The first-order chi connectivity index (χ1) is 18.6. The predicted octanol–water partition coefficient (Wildman–Crippen LogP) is 6.30. The van der Waals surface area contributed by atoms with E-state index in [0.29, 0.717) is 54.1 Å². The number of nitrogens with one attached hydrogen (secondary N) is 1. The van der Waals surface area contributed by atoms with Crippen LogP contribution < -0.4 is 15.0 Å². The van der Waals surface area contributed by atoms with Crippen molar-refractivity contribution in [3.8, 4) is 5.75 Å². The summed E-state index contributed by atoms with van der Waals surface area (Å²) < 4.78 is 57.9. The zero-order chi connectivity index (χ0) is 27.7. The fourth-order valence-corrected chi connectivity index (χ4v) is 5.12. The Morgan fingerprint density at radius 1 is 1.05 bits per heavy atom. The van der Waals surface area contributed by atoms with Gasteiger partial charge in [0.25, 0.3) is 5.91 Å². The third kappa shape index (κ3) is 6.00. The standard InChI is InChI=1S/C29H28F4N4O2/c1-18-9-14-37-26(15-18)35-19(2)27(37)28(38)34-17-20-3-8-24(25(30)16-20)21-10-12-36(13-11-21)22-4-6-23(7-5-22)39-29(31,32)33/h3-9,14-16,21H,10-13,17H2,1-2H3,(H,34,38). The van der Waals surface area contributed by atoms with Gasteiger partial charge < -0.3 is 15.0 Å². The van der Waals surface area contributed by atoms with Crippen LogP contribution in [0, 0.1) is 19.7 Å². The Morgan fingerprint density at radius 3 is 2.44 bits per heavy atom. The largest absolute Gasteiger partial charge is 0.573 e. The lowest BCUT2D eigenvalue weighted by Crippen LogP contribution is -2.33. The van der Waals surface area contributed by atoms with Crippen LogP contribution in [0.1, 0.15) is 51.6 Å².